The number of likely N-dealkylation sites (tertiary alicyclic amines) is 2. The van der Waals surface area contributed by atoms with Gasteiger partial charge in [-0.25, -0.2) is 4.79 Å². The highest BCUT2D eigenvalue weighted by molar-refractivity contribution is 5.75. The highest BCUT2D eigenvalue weighted by Gasteiger charge is 2.33. The van der Waals surface area contributed by atoms with Gasteiger partial charge in [0.1, 0.15) is 0 Å². The minimum absolute atomic E-state index is 0.0241. The third-order valence-corrected chi connectivity index (χ3v) is 4.38. The highest BCUT2D eigenvalue weighted by Crippen LogP contribution is 2.25. The first-order chi connectivity index (χ1) is 9.61. The van der Waals surface area contributed by atoms with E-state index in [-0.39, 0.29) is 31.0 Å². The summed E-state index contributed by atoms with van der Waals surface area (Å²) in [6, 6.07) is 0.0802. The fourth-order valence-corrected chi connectivity index (χ4v) is 3.18. The molecule has 20 heavy (non-hydrogen) atoms. The van der Waals surface area contributed by atoms with Crippen molar-refractivity contribution in [3.05, 3.63) is 0 Å². The zero-order valence-corrected chi connectivity index (χ0v) is 11.8. The second-order valence-electron chi connectivity index (χ2n) is 5.84. The molecule has 0 bridgehead atoms. The lowest BCUT2D eigenvalue weighted by atomic mass is 9.98. The van der Waals surface area contributed by atoms with E-state index in [9.17, 15) is 9.59 Å². The average Bonchev–Trinajstić information content (AvgIpc) is 2.93. The van der Waals surface area contributed by atoms with Gasteiger partial charge in [0.15, 0.2) is 0 Å². The maximum absolute atomic E-state index is 12.5. The smallest absolute Gasteiger partial charge is 0.320 e. The molecular weight excluding hydrogens is 260 g/mol. The van der Waals surface area contributed by atoms with Crippen LogP contribution in [0.15, 0.2) is 0 Å². The average molecular weight is 284 g/mol. The van der Waals surface area contributed by atoms with E-state index in [0.717, 1.165) is 32.2 Å². The third kappa shape index (κ3) is 3.62. The molecule has 2 rings (SSSR count). The summed E-state index contributed by atoms with van der Waals surface area (Å²) in [4.78, 5) is 26.9. The molecule has 2 amide bonds. The van der Waals surface area contributed by atoms with E-state index >= 15 is 0 Å². The fourth-order valence-electron chi connectivity index (χ4n) is 3.18. The number of hydrogen-bond acceptors (Lipinski definition) is 3. The summed E-state index contributed by atoms with van der Waals surface area (Å²) in [6.45, 7) is 2.18. The van der Waals surface area contributed by atoms with Crippen molar-refractivity contribution in [3.63, 3.8) is 0 Å². The summed E-state index contributed by atoms with van der Waals surface area (Å²) >= 11 is 0. The number of rotatable bonds is 4. The molecule has 0 aromatic rings. The fraction of sp³-hybridized carbons (Fsp3) is 0.857. The standard InChI is InChI=1S/C14H24N2O4/c17-10-11-6-8-15(9-11)14(20)16-7-2-1-3-12(16)4-5-13(18)19/h11-12,17H,1-10H2,(H,18,19). The van der Waals surface area contributed by atoms with Crippen LogP contribution >= 0.6 is 0 Å². The van der Waals surface area contributed by atoms with Crippen molar-refractivity contribution in [1.29, 1.82) is 0 Å². The molecule has 2 unspecified atom stereocenters. The Labute approximate surface area is 119 Å². The van der Waals surface area contributed by atoms with Gasteiger partial charge in [-0.1, -0.05) is 0 Å². The predicted octanol–water partition coefficient (Wildman–Crippen LogP) is 1.14. The SMILES string of the molecule is O=C(O)CCC1CCCCN1C(=O)N1CCC(CO)C1. The Hall–Kier alpha value is -1.30. The van der Waals surface area contributed by atoms with Crippen molar-refractivity contribution in [2.24, 2.45) is 5.92 Å². The van der Waals surface area contributed by atoms with E-state index in [0.29, 0.717) is 19.5 Å². The number of aliphatic hydroxyl groups excluding tert-OH is 1. The molecule has 114 valence electrons. The highest BCUT2D eigenvalue weighted by atomic mass is 16.4. The summed E-state index contributed by atoms with van der Waals surface area (Å²) in [5.74, 6) is -0.606. The molecule has 2 aliphatic heterocycles. The van der Waals surface area contributed by atoms with E-state index in [1.807, 2.05) is 4.90 Å². The molecule has 2 aliphatic rings. The van der Waals surface area contributed by atoms with Crippen LogP contribution in [0.3, 0.4) is 0 Å². The largest absolute Gasteiger partial charge is 0.481 e. The molecule has 6 heteroatoms. The molecule has 2 atom stereocenters. The maximum atomic E-state index is 12.5. The zero-order chi connectivity index (χ0) is 14.5. The van der Waals surface area contributed by atoms with Crippen molar-refractivity contribution in [1.82, 2.24) is 9.80 Å². The van der Waals surface area contributed by atoms with Crippen molar-refractivity contribution in [2.45, 2.75) is 44.6 Å². The number of carbonyl (C=O) groups is 2. The molecule has 2 fully saturated rings. The van der Waals surface area contributed by atoms with E-state index in [2.05, 4.69) is 0 Å². The van der Waals surface area contributed by atoms with Crippen molar-refractivity contribution in [2.75, 3.05) is 26.2 Å². The number of aliphatic carboxylic acids is 1. The monoisotopic (exact) mass is 284 g/mol. The van der Waals surface area contributed by atoms with E-state index < -0.39 is 5.97 Å². The number of aliphatic hydroxyl groups is 1. The number of urea groups is 1. The van der Waals surface area contributed by atoms with E-state index in [4.69, 9.17) is 10.2 Å². The molecule has 0 saturated carbocycles. The number of carboxylic acids is 1. The first-order valence-corrected chi connectivity index (χ1v) is 7.50. The van der Waals surface area contributed by atoms with Gasteiger partial charge in [-0.15, -0.1) is 0 Å². The topological polar surface area (TPSA) is 81.1 Å². The van der Waals surface area contributed by atoms with Gasteiger partial charge in [-0.3, -0.25) is 4.79 Å². The van der Waals surface area contributed by atoms with Crippen LogP contribution in [-0.4, -0.2) is 64.3 Å². The van der Waals surface area contributed by atoms with Crippen molar-refractivity contribution >= 4 is 12.0 Å². The zero-order valence-electron chi connectivity index (χ0n) is 11.8. The normalized spacial score (nSPS) is 26.9. The molecule has 0 aliphatic carbocycles. The Bertz CT molecular complexity index is 361. The summed E-state index contributed by atoms with van der Waals surface area (Å²) < 4.78 is 0. The minimum Gasteiger partial charge on any atom is -0.481 e. The lowest BCUT2D eigenvalue weighted by molar-refractivity contribution is -0.137. The minimum atomic E-state index is -0.801. The molecule has 0 aromatic heterocycles. The number of piperidine rings is 1. The van der Waals surface area contributed by atoms with Crippen LogP contribution in [0.4, 0.5) is 4.79 Å². The molecule has 0 spiro atoms. The van der Waals surface area contributed by atoms with Crippen LogP contribution in [0.25, 0.3) is 0 Å². The van der Waals surface area contributed by atoms with E-state index in [1.54, 1.807) is 4.90 Å². The summed E-state index contributed by atoms with van der Waals surface area (Å²) in [5.41, 5.74) is 0. The Morgan fingerprint density at radius 3 is 2.60 bits per heavy atom. The van der Waals surface area contributed by atoms with Crippen LogP contribution in [0.5, 0.6) is 0 Å². The van der Waals surface area contributed by atoms with Crippen LogP contribution in [0.2, 0.25) is 0 Å². The van der Waals surface area contributed by atoms with Gasteiger partial charge in [0, 0.05) is 44.6 Å². The number of amides is 2. The Balaban J connectivity index is 1.93. The molecule has 6 nitrogen and oxygen atoms in total. The molecular formula is C14H24N2O4. The maximum Gasteiger partial charge on any atom is 0.320 e. The summed E-state index contributed by atoms with van der Waals surface area (Å²) in [7, 11) is 0. The van der Waals surface area contributed by atoms with Gasteiger partial charge >= 0.3 is 12.0 Å². The van der Waals surface area contributed by atoms with Crippen LogP contribution < -0.4 is 0 Å². The summed E-state index contributed by atoms with van der Waals surface area (Å²) in [5, 5.41) is 18.0. The molecule has 2 N–H and O–H groups in total. The lowest BCUT2D eigenvalue weighted by Gasteiger charge is -2.38. The van der Waals surface area contributed by atoms with Crippen molar-refractivity contribution < 1.29 is 19.8 Å². The second kappa shape index (κ2) is 6.92. The second-order valence-corrected chi connectivity index (χ2v) is 5.84. The number of carboxylic acid groups (broad SMARTS) is 1. The van der Waals surface area contributed by atoms with Crippen LogP contribution in [0, 0.1) is 5.92 Å². The first kappa shape index (κ1) is 15.1. The van der Waals surface area contributed by atoms with Gasteiger partial charge < -0.3 is 20.0 Å². The quantitative estimate of drug-likeness (QED) is 0.811. The number of carbonyl (C=O) groups excluding carboxylic acids is 1. The van der Waals surface area contributed by atoms with Crippen LogP contribution in [-0.2, 0) is 4.79 Å². The Kier molecular flexibility index (Phi) is 5.23. The van der Waals surface area contributed by atoms with Gasteiger partial charge in [0.05, 0.1) is 0 Å². The van der Waals surface area contributed by atoms with Crippen LogP contribution in [0.1, 0.15) is 38.5 Å². The number of nitrogens with zero attached hydrogens (tertiary/aromatic N) is 2. The Morgan fingerprint density at radius 1 is 1.15 bits per heavy atom. The summed E-state index contributed by atoms with van der Waals surface area (Å²) in [6.07, 6.45) is 4.47. The molecule has 2 saturated heterocycles. The van der Waals surface area contributed by atoms with Crippen molar-refractivity contribution in [3.8, 4) is 0 Å². The van der Waals surface area contributed by atoms with Gasteiger partial charge in [-0.2, -0.15) is 0 Å². The number of hydrogen-bond donors (Lipinski definition) is 2. The first-order valence-electron chi connectivity index (χ1n) is 7.50. The predicted molar refractivity (Wildman–Crippen MR) is 73.4 cm³/mol. The van der Waals surface area contributed by atoms with Gasteiger partial charge in [0.25, 0.3) is 0 Å². The Morgan fingerprint density at radius 2 is 1.95 bits per heavy atom. The van der Waals surface area contributed by atoms with Gasteiger partial charge in [-0.05, 0) is 32.1 Å². The van der Waals surface area contributed by atoms with Gasteiger partial charge in [0.2, 0.25) is 0 Å². The lowest BCUT2D eigenvalue weighted by Crippen LogP contribution is -2.49. The molecule has 2 heterocycles. The molecule has 0 aromatic carbocycles. The molecule has 0 radical (unpaired) electrons. The third-order valence-electron chi connectivity index (χ3n) is 4.38. The van der Waals surface area contributed by atoms with E-state index in [1.165, 1.54) is 0 Å².